The Morgan fingerprint density at radius 1 is 1.41 bits per heavy atom. The van der Waals surface area contributed by atoms with E-state index in [1.54, 1.807) is 6.07 Å². The van der Waals surface area contributed by atoms with Gasteiger partial charge in [0.1, 0.15) is 41.2 Å². The highest BCUT2D eigenvalue weighted by Gasteiger charge is 2.33. The Hall–Kier alpha value is -3.25. The van der Waals surface area contributed by atoms with E-state index in [0.717, 1.165) is 0 Å². The van der Waals surface area contributed by atoms with Crippen molar-refractivity contribution in [2.24, 2.45) is 0 Å². The number of rotatable bonds is 4. The molecule has 27 heavy (non-hydrogen) atoms. The summed E-state index contributed by atoms with van der Waals surface area (Å²) in [5.41, 5.74) is 7.26. The number of nitrogens with zero attached hydrogens (tertiary/aromatic N) is 5. The number of fused-ring (bicyclic) bond motifs is 1. The number of imidazole rings is 1. The Morgan fingerprint density at radius 3 is 2.89 bits per heavy atom. The van der Waals surface area contributed by atoms with E-state index in [9.17, 15) is 14.8 Å². The van der Waals surface area contributed by atoms with Gasteiger partial charge in [0, 0.05) is 6.04 Å². The van der Waals surface area contributed by atoms with E-state index in [0.29, 0.717) is 35.5 Å². The third kappa shape index (κ3) is 2.94. The molecule has 0 spiro atoms. The monoisotopic (exact) mass is 367 g/mol. The fourth-order valence-corrected chi connectivity index (χ4v) is 3.43. The quantitative estimate of drug-likeness (QED) is 0.646. The van der Waals surface area contributed by atoms with Crippen LogP contribution in [0, 0.1) is 17.1 Å². The first-order chi connectivity index (χ1) is 13.0. The van der Waals surface area contributed by atoms with Crippen LogP contribution in [-0.2, 0) is 0 Å². The average molecular weight is 367 g/mol. The van der Waals surface area contributed by atoms with Crippen molar-refractivity contribution in [3.05, 3.63) is 41.7 Å². The van der Waals surface area contributed by atoms with E-state index in [1.165, 1.54) is 18.5 Å². The topological polar surface area (TPSA) is 126 Å². The normalized spacial score (nSPS) is 20.1. The van der Waals surface area contributed by atoms with E-state index in [2.05, 4.69) is 20.3 Å². The highest BCUT2D eigenvalue weighted by Crippen LogP contribution is 2.38. The maximum absolute atomic E-state index is 13.8. The molecule has 2 aromatic heterocycles. The van der Waals surface area contributed by atoms with Gasteiger partial charge in [-0.15, -0.1) is 0 Å². The minimum absolute atomic E-state index is 0.0388. The predicted octanol–water partition coefficient (Wildman–Crippen LogP) is 2.29. The molecule has 1 atom stereocenters. The zero-order valence-corrected chi connectivity index (χ0v) is 14.6. The Morgan fingerprint density at radius 2 is 2.19 bits per heavy atom. The van der Waals surface area contributed by atoms with Crippen molar-refractivity contribution in [1.29, 1.82) is 5.26 Å². The van der Waals surface area contributed by atoms with Crippen LogP contribution in [0.4, 0.5) is 16.0 Å². The lowest BCUT2D eigenvalue weighted by Crippen LogP contribution is -2.32. The first kappa shape index (κ1) is 17.2. The van der Waals surface area contributed by atoms with Crippen LogP contribution in [0.1, 0.15) is 43.2 Å². The molecule has 1 aromatic carbocycles. The van der Waals surface area contributed by atoms with Crippen LogP contribution in [0.25, 0.3) is 11.0 Å². The molecule has 4 N–H and O–H groups in total. The number of nitriles is 1. The Bertz CT molecular complexity index is 1050. The van der Waals surface area contributed by atoms with Crippen molar-refractivity contribution >= 4 is 22.7 Å². The molecule has 138 valence electrons. The maximum atomic E-state index is 13.8. The van der Waals surface area contributed by atoms with Crippen LogP contribution in [0.2, 0.25) is 0 Å². The van der Waals surface area contributed by atoms with Crippen molar-refractivity contribution in [3.8, 4) is 6.07 Å². The lowest BCUT2D eigenvalue weighted by Gasteiger charge is -2.35. The Labute approximate surface area is 154 Å². The molecule has 0 bridgehead atoms. The number of hydrogen-bond donors (Lipinski definition) is 3. The summed E-state index contributed by atoms with van der Waals surface area (Å²) in [5.74, 6) is 0.746. The van der Waals surface area contributed by atoms with Crippen molar-refractivity contribution < 1.29 is 9.50 Å². The molecule has 1 aliphatic rings. The zero-order chi connectivity index (χ0) is 19.1. The summed E-state index contributed by atoms with van der Waals surface area (Å²) in [4.78, 5) is 12.6. The van der Waals surface area contributed by atoms with Gasteiger partial charge in [-0.05, 0) is 38.0 Å². The number of aromatic nitrogens is 4. The van der Waals surface area contributed by atoms with Crippen molar-refractivity contribution in [2.75, 3.05) is 11.1 Å². The van der Waals surface area contributed by atoms with Gasteiger partial charge in [0.15, 0.2) is 0 Å². The summed E-state index contributed by atoms with van der Waals surface area (Å²) in [6.45, 7) is 1.88. The fraction of sp³-hybridized carbons (Fsp3) is 0.333. The smallest absolute Gasteiger partial charge is 0.150 e. The number of nitrogens with two attached hydrogens (primary N) is 1. The van der Waals surface area contributed by atoms with E-state index in [-0.39, 0.29) is 35.4 Å². The van der Waals surface area contributed by atoms with Crippen LogP contribution in [0.3, 0.4) is 0 Å². The lowest BCUT2D eigenvalue weighted by molar-refractivity contribution is 0.0488. The van der Waals surface area contributed by atoms with E-state index in [1.807, 2.05) is 17.6 Å². The number of aliphatic hydroxyl groups excluding tert-OH is 1. The molecule has 0 saturated heterocycles. The highest BCUT2D eigenvalue weighted by atomic mass is 19.1. The minimum Gasteiger partial charge on any atom is -0.393 e. The van der Waals surface area contributed by atoms with Gasteiger partial charge < -0.3 is 20.7 Å². The first-order valence-electron chi connectivity index (χ1n) is 8.60. The maximum Gasteiger partial charge on any atom is 0.150 e. The predicted molar refractivity (Wildman–Crippen MR) is 97.2 cm³/mol. The molecular weight excluding hydrogens is 349 g/mol. The Kier molecular flexibility index (Phi) is 4.12. The first-order valence-corrected chi connectivity index (χ1v) is 8.60. The zero-order valence-electron chi connectivity index (χ0n) is 14.6. The van der Waals surface area contributed by atoms with Crippen LogP contribution < -0.4 is 11.1 Å². The van der Waals surface area contributed by atoms with Gasteiger partial charge in [0.25, 0.3) is 0 Å². The molecule has 8 nitrogen and oxygen atoms in total. The van der Waals surface area contributed by atoms with Gasteiger partial charge >= 0.3 is 0 Å². The van der Waals surface area contributed by atoms with Crippen molar-refractivity contribution in [3.63, 3.8) is 0 Å². The summed E-state index contributed by atoms with van der Waals surface area (Å²) in [5, 5.41) is 22.2. The largest absolute Gasteiger partial charge is 0.393 e. The van der Waals surface area contributed by atoms with Gasteiger partial charge in [-0.3, -0.25) is 0 Å². The summed E-state index contributed by atoms with van der Waals surface area (Å²) >= 11 is 0. The van der Waals surface area contributed by atoms with Gasteiger partial charge in [-0.25, -0.2) is 19.3 Å². The second-order valence-corrected chi connectivity index (χ2v) is 6.71. The molecule has 1 saturated carbocycles. The summed E-state index contributed by atoms with van der Waals surface area (Å²) in [6, 6.07) is 6.16. The fourth-order valence-electron chi connectivity index (χ4n) is 3.43. The molecule has 0 amide bonds. The van der Waals surface area contributed by atoms with E-state index < -0.39 is 0 Å². The molecule has 4 rings (SSSR count). The van der Waals surface area contributed by atoms with Gasteiger partial charge in [-0.2, -0.15) is 5.26 Å². The molecule has 3 aromatic rings. The van der Waals surface area contributed by atoms with E-state index >= 15 is 0 Å². The number of halogens is 1. The molecule has 1 fully saturated rings. The average Bonchev–Trinajstić information content (AvgIpc) is 2.97. The highest BCUT2D eigenvalue weighted by molar-refractivity contribution is 5.76. The molecule has 9 heteroatoms. The second-order valence-electron chi connectivity index (χ2n) is 6.71. The molecule has 0 radical (unpaired) electrons. The molecular formula is C18H18FN7O. The number of nitrogens with one attached hydrogen (secondary N) is 1. The number of benzene rings is 1. The molecule has 1 aliphatic carbocycles. The van der Waals surface area contributed by atoms with Gasteiger partial charge in [-0.1, -0.05) is 0 Å². The summed E-state index contributed by atoms with van der Waals surface area (Å²) in [7, 11) is 0. The molecule has 0 aliphatic heterocycles. The number of aliphatic hydroxyl groups is 1. The third-order valence-electron chi connectivity index (χ3n) is 4.86. The van der Waals surface area contributed by atoms with E-state index in [4.69, 9.17) is 5.73 Å². The molecule has 0 unspecified atom stereocenters. The number of nitrogen functional groups attached to an aromatic ring is 1. The number of anilines is 2. The van der Waals surface area contributed by atoms with Gasteiger partial charge in [0.05, 0.1) is 23.2 Å². The SMILES string of the molecule is C[C@H](Nc1ncnc(N)c1C#N)c1nc2ccc(F)cc2n1[C@H]1C[C@@H](O)C1. The van der Waals surface area contributed by atoms with Crippen LogP contribution in [0.15, 0.2) is 24.5 Å². The third-order valence-corrected chi connectivity index (χ3v) is 4.86. The van der Waals surface area contributed by atoms with Crippen LogP contribution >= 0.6 is 0 Å². The number of hydrogen-bond acceptors (Lipinski definition) is 7. The van der Waals surface area contributed by atoms with Crippen LogP contribution in [-0.4, -0.2) is 30.7 Å². The standard InChI is InChI=1S/C18H18FN7O/c1-9(24-17-13(7-20)16(21)22-8-23-17)18-25-14-3-2-10(19)4-15(14)26(18)11-5-12(27)6-11/h2-4,8-9,11-12,27H,5-6H2,1H3,(H3,21,22,23,24)/t9-,11-,12+/m0/s1. The molecule has 2 heterocycles. The van der Waals surface area contributed by atoms with Crippen molar-refractivity contribution in [1.82, 2.24) is 19.5 Å². The summed E-state index contributed by atoms with van der Waals surface area (Å²) in [6.07, 6.45) is 2.10. The van der Waals surface area contributed by atoms with Crippen LogP contribution in [0.5, 0.6) is 0 Å². The summed E-state index contributed by atoms with van der Waals surface area (Å²) < 4.78 is 15.8. The Balaban J connectivity index is 1.76. The lowest BCUT2D eigenvalue weighted by atomic mass is 9.89. The minimum atomic E-state index is -0.357. The second kappa shape index (κ2) is 6.48. The van der Waals surface area contributed by atoms with Crippen molar-refractivity contribution in [2.45, 2.75) is 38.0 Å². The van der Waals surface area contributed by atoms with Gasteiger partial charge in [0.2, 0.25) is 0 Å².